The number of aromatic nitrogens is 2. The molecule has 4 nitrogen and oxygen atoms in total. The number of halogens is 2. The van der Waals surface area contributed by atoms with Crippen LogP contribution in [0.1, 0.15) is 36.9 Å². The van der Waals surface area contributed by atoms with Gasteiger partial charge >= 0.3 is 0 Å². The Labute approximate surface area is 168 Å². The SMILES string of the molecule is O=C(CC1CC1(F)F)N1CCC(c2ccccc2)(c2cn3ccccc3n2)CC1. The van der Waals surface area contributed by atoms with E-state index in [4.69, 9.17) is 4.98 Å². The first-order valence-corrected chi connectivity index (χ1v) is 10.1. The van der Waals surface area contributed by atoms with Crippen molar-refractivity contribution >= 4 is 11.6 Å². The molecule has 2 aliphatic rings. The van der Waals surface area contributed by atoms with Crippen LogP contribution in [0.25, 0.3) is 5.65 Å². The van der Waals surface area contributed by atoms with Gasteiger partial charge in [-0.3, -0.25) is 4.79 Å². The van der Waals surface area contributed by atoms with E-state index in [2.05, 4.69) is 18.3 Å². The molecule has 1 amide bonds. The quantitative estimate of drug-likeness (QED) is 0.661. The normalized spacial score (nSPS) is 22.6. The number of imidazole rings is 1. The lowest BCUT2D eigenvalue weighted by Gasteiger charge is -2.41. The number of likely N-dealkylation sites (tertiary alicyclic amines) is 1. The number of amides is 1. The summed E-state index contributed by atoms with van der Waals surface area (Å²) in [6, 6.07) is 16.2. The van der Waals surface area contributed by atoms with E-state index in [0.717, 1.165) is 24.2 Å². The Bertz CT molecular complexity index is 1010. The number of nitrogens with zero attached hydrogens (tertiary/aromatic N) is 3. The molecule has 0 bridgehead atoms. The molecule has 1 saturated carbocycles. The van der Waals surface area contributed by atoms with Crippen molar-refractivity contribution in [1.82, 2.24) is 14.3 Å². The van der Waals surface area contributed by atoms with Crippen LogP contribution in [0.15, 0.2) is 60.9 Å². The summed E-state index contributed by atoms with van der Waals surface area (Å²) < 4.78 is 28.4. The number of carbonyl (C=O) groups excluding carboxylic acids is 1. The first-order chi connectivity index (χ1) is 14.0. The number of carbonyl (C=O) groups is 1. The third kappa shape index (κ3) is 3.20. The van der Waals surface area contributed by atoms with Crippen LogP contribution in [0.5, 0.6) is 0 Å². The highest BCUT2D eigenvalue weighted by molar-refractivity contribution is 5.77. The number of benzene rings is 1. The molecule has 6 heteroatoms. The fourth-order valence-electron chi connectivity index (χ4n) is 4.58. The Morgan fingerprint density at radius 1 is 1.07 bits per heavy atom. The fourth-order valence-corrected chi connectivity index (χ4v) is 4.58. The number of piperidine rings is 1. The predicted molar refractivity (Wildman–Crippen MR) is 106 cm³/mol. The van der Waals surface area contributed by atoms with E-state index in [1.165, 1.54) is 5.56 Å². The summed E-state index contributed by atoms with van der Waals surface area (Å²) in [5.74, 6) is -3.56. The predicted octanol–water partition coefficient (Wildman–Crippen LogP) is 4.29. The zero-order valence-corrected chi connectivity index (χ0v) is 16.1. The number of hydrogen-bond acceptors (Lipinski definition) is 2. The zero-order valence-electron chi connectivity index (χ0n) is 16.1. The second-order valence-corrected chi connectivity index (χ2v) is 8.29. The van der Waals surface area contributed by atoms with E-state index in [0.29, 0.717) is 13.1 Å². The number of pyridine rings is 1. The lowest BCUT2D eigenvalue weighted by molar-refractivity contribution is -0.133. The highest BCUT2D eigenvalue weighted by Gasteiger charge is 2.57. The van der Waals surface area contributed by atoms with E-state index in [1.807, 2.05) is 47.0 Å². The third-order valence-electron chi connectivity index (χ3n) is 6.53. The minimum Gasteiger partial charge on any atom is -0.343 e. The van der Waals surface area contributed by atoms with Crippen molar-refractivity contribution in [3.63, 3.8) is 0 Å². The van der Waals surface area contributed by atoms with Crippen LogP contribution in [0.4, 0.5) is 8.78 Å². The van der Waals surface area contributed by atoms with Gasteiger partial charge in [-0.15, -0.1) is 0 Å². The largest absolute Gasteiger partial charge is 0.343 e. The zero-order chi connectivity index (χ0) is 20.1. The maximum absolute atomic E-state index is 13.2. The van der Waals surface area contributed by atoms with Gasteiger partial charge in [0.25, 0.3) is 5.92 Å². The highest BCUT2D eigenvalue weighted by atomic mass is 19.3. The Kier molecular flexibility index (Phi) is 4.19. The van der Waals surface area contributed by atoms with E-state index in [9.17, 15) is 13.6 Å². The smallest absolute Gasteiger partial charge is 0.252 e. The first kappa shape index (κ1) is 18.3. The van der Waals surface area contributed by atoms with Crippen molar-refractivity contribution in [2.75, 3.05) is 13.1 Å². The molecule has 0 radical (unpaired) electrons. The Balaban J connectivity index is 1.42. The van der Waals surface area contributed by atoms with Gasteiger partial charge in [-0.25, -0.2) is 13.8 Å². The van der Waals surface area contributed by atoms with Crippen LogP contribution in [-0.4, -0.2) is 39.2 Å². The van der Waals surface area contributed by atoms with Gasteiger partial charge < -0.3 is 9.30 Å². The van der Waals surface area contributed by atoms with Crippen molar-refractivity contribution < 1.29 is 13.6 Å². The van der Waals surface area contributed by atoms with Crippen molar-refractivity contribution in [1.29, 1.82) is 0 Å². The van der Waals surface area contributed by atoms with Gasteiger partial charge in [-0.2, -0.15) is 0 Å². The molecule has 150 valence electrons. The minimum atomic E-state index is -2.64. The standard InChI is InChI=1S/C23H23F2N3O/c24-23(25)15-18(23)14-21(29)27-12-9-22(10-13-27,17-6-2-1-3-7-17)19-16-28-11-5-4-8-20(28)26-19/h1-8,11,16,18H,9-10,12-15H2. The molecule has 3 aromatic rings. The molecule has 1 unspecified atom stereocenters. The van der Waals surface area contributed by atoms with Crippen molar-refractivity contribution in [3.8, 4) is 0 Å². The Morgan fingerprint density at radius 3 is 2.41 bits per heavy atom. The summed E-state index contributed by atoms with van der Waals surface area (Å²) in [5.41, 5.74) is 2.79. The first-order valence-electron chi connectivity index (χ1n) is 10.1. The van der Waals surface area contributed by atoms with E-state index < -0.39 is 11.8 Å². The number of hydrogen-bond donors (Lipinski definition) is 0. The lowest BCUT2D eigenvalue weighted by atomic mass is 9.70. The average Bonchev–Trinajstić information content (AvgIpc) is 3.14. The molecule has 3 heterocycles. The molecule has 2 aromatic heterocycles. The topological polar surface area (TPSA) is 37.6 Å². The molecule has 1 saturated heterocycles. The van der Waals surface area contributed by atoms with Gasteiger partial charge in [0.15, 0.2) is 0 Å². The van der Waals surface area contributed by atoms with Crippen molar-refractivity contribution in [2.45, 2.75) is 37.0 Å². The highest BCUT2D eigenvalue weighted by Crippen LogP contribution is 2.51. The van der Waals surface area contributed by atoms with E-state index in [-0.39, 0.29) is 24.2 Å². The second kappa shape index (κ2) is 6.65. The summed E-state index contributed by atoms with van der Waals surface area (Å²) in [5, 5.41) is 0. The lowest BCUT2D eigenvalue weighted by Crippen LogP contribution is -2.46. The fraction of sp³-hybridized carbons (Fsp3) is 0.391. The van der Waals surface area contributed by atoms with Crippen LogP contribution in [0, 0.1) is 5.92 Å². The van der Waals surface area contributed by atoms with Crippen LogP contribution < -0.4 is 0 Å². The maximum Gasteiger partial charge on any atom is 0.252 e. The maximum atomic E-state index is 13.2. The molecule has 1 aromatic carbocycles. The molecule has 0 N–H and O–H groups in total. The van der Waals surface area contributed by atoms with Gasteiger partial charge in [-0.1, -0.05) is 36.4 Å². The molecule has 29 heavy (non-hydrogen) atoms. The van der Waals surface area contributed by atoms with Crippen LogP contribution in [0.2, 0.25) is 0 Å². The van der Waals surface area contributed by atoms with Gasteiger partial charge in [0, 0.05) is 49.7 Å². The molecule has 5 rings (SSSR count). The summed E-state index contributed by atoms with van der Waals surface area (Å²) >= 11 is 0. The van der Waals surface area contributed by atoms with E-state index >= 15 is 0 Å². The summed E-state index contributed by atoms with van der Waals surface area (Å²) in [4.78, 5) is 19.2. The van der Waals surface area contributed by atoms with Gasteiger partial charge in [0.2, 0.25) is 5.91 Å². The van der Waals surface area contributed by atoms with Gasteiger partial charge in [0.1, 0.15) is 5.65 Å². The monoisotopic (exact) mass is 395 g/mol. The van der Waals surface area contributed by atoms with Crippen molar-refractivity contribution in [3.05, 3.63) is 72.2 Å². The van der Waals surface area contributed by atoms with Crippen LogP contribution in [-0.2, 0) is 10.2 Å². The van der Waals surface area contributed by atoms with Crippen molar-refractivity contribution in [2.24, 2.45) is 5.92 Å². The summed E-state index contributed by atoms with van der Waals surface area (Å²) in [7, 11) is 0. The molecule has 0 spiro atoms. The van der Waals surface area contributed by atoms with Gasteiger partial charge in [0.05, 0.1) is 5.69 Å². The summed E-state index contributed by atoms with van der Waals surface area (Å²) in [6.07, 6.45) is 5.33. The molecule has 1 aliphatic heterocycles. The van der Waals surface area contributed by atoms with Crippen LogP contribution >= 0.6 is 0 Å². The molecular weight excluding hydrogens is 372 g/mol. The number of rotatable bonds is 4. The molecule has 1 aliphatic carbocycles. The number of fused-ring (bicyclic) bond motifs is 1. The van der Waals surface area contributed by atoms with Gasteiger partial charge in [-0.05, 0) is 30.5 Å². The molecular formula is C23H23F2N3O. The summed E-state index contributed by atoms with van der Waals surface area (Å²) in [6.45, 7) is 1.11. The Morgan fingerprint density at radius 2 is 1.76 bits per heavy atom. The molecule has 2 fully saturated rings. The molecule has 1 atom stereocenters. The second-order valence-electron chi connectivity index (χ2n) is 8.29. The number of alkyl halides is 2. The third-order valence-corrected chi connectivity index (χ3v) is 6.53. The average molecular weight is 395 g/mol. The van der Waals surface area contributed by atoms with E-state index in [1.54, 1.807) is 4.90 Å². The van der Waals surface area contributed by atoms with Crippen LogP contribution in [0.3, 0.4) is 0 Å². The Hall–Kier alpha value is -2.76. The minimum absolute atomic E-state index is 0.0420.